The summed E-state index contributed by atoms with van der Waals surface area (Å²) in [7, 11) is 0. The summed E-state index contributed by atoms with van der Waals surface area (Å²) in [5.74, 6) is 0.670. The number of hydrogen-bond donors (Lipinski definition) is 2. The molecule has 2 aromatic carbocycles. The van der Waals surface area contributed by atoms with Crippen molar-refractivity contribution in [1.29, 1.82) is 0 Å². The maximum atomic E-state index is 11.2. The Balaban J connectivity index is 1.51. The zero-order valence-corrected chi connectivity index (χ0v) is 13.7. The predicted molar refractivity (Wildman–Crippen MR) is 96.5 cm³/mol. The number of hydrogen-bond acceptors (Lipinski definition) is 3. The Morgan fingerprint density at radius 3 is 1.92 bits per heavy atom. The van der Waals surface area contributed by atoms with Crippen LogP contribution in [0.1, 0.15) is 29.5 Å². The van der Waals surface area contributed by atoms with Crippen molar-refractivity contribution < 1.29 is 10.2 Å². The zero-order chi connectivity index (χ0) is 16.6. The van der Waals surface area contributed by atoms with E-state index in [4.69, 9.17) is 0 Å². The van der Waals surface area contributed by atoms with Crippen molar-refractivity contribution in [3.63, 3.8) is 0 Å². The monoisotopic (exact) mass is 321 g/mol. The van der Waals surface area contributed by atoms with Gasteiger partial charge in [-0.15, -0.1) is 0 Å². The molecule has 3 heterocycles. The summed E-state index contributed by atoms with van der Waals surface area (Å²) in [5.41, 5.74) is 2.51. The largest absolute Gasteiger partial charge is 0.508 e. The molecule has 0 aliphatic carbocycles. The van der Waals surface area contributed by atoms with Crippen LogP contribution in [-0.4, -0.2) is 34.7 Å². The lowest BCUT2D eigenvalue weighted by Gasteiger charge is -2.50. The highest BCUT2D eigenvalue weighted by atomic mass is 16.3. The minimum absolute atomic E-state index is 0.280. The molecule has 3 aliphatic heterocycles. The molecule has 3 heteroatoms. The molecular weight excluding hydrogens is 298 g/mol. The minimum atomic E-state index is -0.685. The summed E-state index contributed by atoms with van der Waals surface area (Å²) >= 11 is 0. The summed E-state index contributed by atoms with van der Waals surface area (Å²) in [6.07, 6.45) is 6.27. The molecule has 2 N–H and O–H groups in total. The fourth-order valence-corrected chi connectivity index (χ4v) is 4.03. The van der Waals surface area contributed by atoms with Crippen LogP contribution in [0.5, 0.6) is 5.75 Å². The molecule has 3 nitrogen and oxygen atoms in total. The molecule has 2 aromatic rings. The van der Waals surface area contributed by atoms with Gasteiger partial charge in [-0.05, 0) is 60.7 Å². The second kappa shape index (κ2) is 6.08. The van der Waals surface area contributed by atoms with Crippen LogP contribution in [-0.2, 0) is 5.60 Å². The van der Waals surface area contributed by atoms with Crippen molar-refractivity contribution in [2.24, 2.45) is 5.92 Å². The molecular formula is C21H23NO2. The summed E-state index contributed by atoms with van der Waals surface area (Å²) in [4.78, 5) is 2.37. The van der Waals surface area contributed by atoms with E-state index in [0.717, 1.165) is 49.2 Å². The molecule has 0 amide bonds. The van der Waals surface area contributed by atoms with Crippen LogP contribution in [0.15, 0.2) is 48.5 Å². The Bertz CT molecular complexity index is 727. The Morgan fingerprint density at radius 2 is 1.42 bits per heavy atom. The van der Waals surface area contributed by atoms with Crippen molar-refractivity contribution in [2.75, 3.05) is 19.6 Å². The smallest absolute Gasteiger partial charge is 0.115 e. The van der Waals surface area contributed by atoms with Crippen molar-refractivity contribution in [3.8, 4) is 5.75 Å². The second-order valence-electron chi connectivity index (χ2n) is 7.02. The molecule has 3 fully saturated rings. The lowest BCUT2D eigenvalue weighted by atomic mass is 9.71. The molecule has 124 valence electrons. The van der Waals surface area contributed by atoms with Crippen LogP contribution < -0.4 is 0 Å². The third-order valence-electron chi connectivity index (χ3n) is 5.50. The number of piperidine rings is 3. The summed E-state index contributed by atoms with van der Waals surface area (Å²) in [6, 6.07) is 15.4. The van der Waals surface area contributed by atoms with Crippen LogP contribution in [0.3, 0.4) is 0 Å². The van der Waals surface area contributed by atoms with Crippen molar-refractivity contribution in [1.82, 2.24) is 4.90 Å². The highest BCUT2D eigenvalue weighted by Crippen LogP contribution is 2.42. The highest BCUT2D eigenvalue weighted by molar-refractivity contribution is 5.69. The predicted octanol–water partition coefficient (Wildman–Crippen LogP) is 3.48. The van der Waals surface area contributed by atoms with Gasteiger partial charge in [0.15, 0.2) is 0 Å². The van der Waals surface area contributed by atoms with Crippen molar-refractivity contribution in [3.05, 3.63) is 65.2 Å². The highest BCUT2D eigenvalue weighted by Gasteiger charge is 2.46. The van der Waals surface area contributed by atoms with E-state index < -0.39 is 5.60 Å². The topological polar surface area (TPSA) is 43.7 Å². The molecule has 1 unspecified atom stereocenters. The zero-order valence-electron chi connectivity index (χ0n) is 13.7. The number of phenolic OH excluding ortho intramolecular Hbond substituents is 1. The van der Waals surface area contributed by atoms with Gasteiger partial charge < -0.3 is 15.1 Å². The van der Waals surface area contributed by atoms with Gasteiger partial charge in [-0.1, -0.05) is 48.6 Å². The number of phenols is 1. The van der Waals surface area contributed by atoms with Gasteiger partial charge in [0.2, 0.25) is 0 Å². The van der Waals surface area contributed by atoms with Gasteiger partial charge in [-0.25, -0.2) is 0 Å². The fraction of sp³-hybridized carbons (Fsp3) is 0.333. The molecule has 3 saturated heterocycles. The van der Waals surface area contributed by atoms with Gasteiger partial charge in [0, 0.05) is 6.54 Å². The molecule has 2 bridgehead atoms. The van der Waals surface area contributed by atoms with Gasteiger partial charge in [-0.2, -0.15) is 0 Å². The van der Waals surface area contributed by atoms with Gasteiger partial charge in [0.05, 0.1) is 0 Å². The molecule has 0 saturated carbocycles. The first kappa shape index (κ1) is 15.4. The third-order valence-corrected chi connectivity index (χ3v) is 5.50. The van der Waals surface area contributed by atoms with Crippen molar-refractivity contribution >= 4 is 12.2 Å². The Labute approximate surface area is 142 Å². The fourth-order valence-electron chi connectivity index (χ4n) is 4.03. The number of aliphatic hydroxyl groups is 1. The Morgan fingerprint density at radius 1 is 0.875 bits per heavy atom. The number of nitrogens with zero attached hydrogens (tertiary/aromatic N) is 1. The van der Waals surface area contributed by atoms with E-state index in [0.29, 0.717) is 5.92 Å². The molecule has 0 spiro atoms. The van der Waals surface area contributed by atoms with Gasteiger partial charge in [-0.3, -0.25) is 0 Å². The van der Waals surface area contributed by atoms with Gasteiger partial charge in [0.1, 0.15) is 11.4 Å². The van der Waals surface area contributed by atoms with Crippen LogP contribution >= 0.6 is 0 Å². The van der Waals surface area contributed by atoms with Crippen LogP contribution in [0.2, 0.25) is 0 Å². The molecule has 5 rings (SSSR count). The van der Waals surface area contributed by atoms with Gasteiger partial charge >= 0.3 is 0 Å². The molecule has 24 heavy (non-hydrogen) atoms. The molecule has 0 radical (unpaired) electrons. The van der Waals surface area contributed by atoms with E-state index in [-0.39, 0.29) is 5.75 Å². The standard InChI is InChI=1S/C21H23NO2/c23-20-9-5-17(6-10-20)2-1-16-3-7-18(8-4-16)21(24)15-22-13-11-19(21)12-14-22/h1-10,19,23-24H,11-15H2. The van der Waals surface area contributed by atoms with Crippen LogP contribution in [0, 0.1) is 5.92 Å². The first-order valence-electron chi connectivity index (χ1n) is 8.66. The molecule has 1 atom stereocenters. The first-order valence-corrected chi connectivity index (χ1v) is 8.66. The van der Waals surface area contributed by atoms with E-state index in [1.54, 1.807) is 12.1 Å². The van der Waals surface area contributed by atoms with Gasteiger partial charge in [0.25, 0.3) is 0 Å². The molecule has 3 aliphatic rings. The van der Waals surface area contributed by atoms with E-state index >= 15 is 0 Å². The average Bonchev–Trinajstić information content (AvgIpc) is 2.62. The number of fused-ring (bicyclic) bond motifs is 3. The number of aromatic hydroxyl groups is 1. The van der Waals surface area contributed by atoms with E-state index in [9.17, 15) is 10.2 Å². The quantitative estimate of drug-likeness (QED) is 0.851. The first-order chi connectivity index (χ1) is 11.6. The van der Waals surface area contributed by atoms with E-state index in [1.807, 2.05) is 18.2 Å². The van der Waals surface area contributed by atoms with Crippen molar-refractivity contribution in [2.45, 2.75) is 18.4 Å². The number of benzene rings is 2. The third kappa shape index (κ3) is 2.85. The van der Waals surface area contributed by atoms with Crippen LogP contribution in [0.4, 0.5) is 0 Å². The minimum Gasteiger partial charge on any atom is -0.508 e. The SMILES string of the molecule is Oc1ccc(C=Cc2ccc(C3(O)CN4CCC3CC4)cc2)cc1. The Hall–Kier alpha value is -2.10. The van der Waals surface area contributed by atoms with E-state index in [1.165, 1.54) is 0 Å². The maximum absolute atomic E-state index is 11.2. The van der Waals surface area contributed by atoms with Crippen LogP contribution in [0.25, 0.3) is 12.2 Å². The summed E-state index contributed by atoms with van der Waals surface area (Å²) < 4.78 is 0. The normalized spacial score (nSPS) is 29.2. The number of rotatable bonds is 3. The summed E-state index contributed by atoms with van der Waals surface area (Å²) in [6.45, 7) is 3.02. The Kier molecular flexibility index (Phi) is 3.91. The maximum Gasteiger partial charge on any atom is 0.115 e. The lowest BCUT2D eigenvalue weighted by Crippen LogP contribution is -2.57. The second-order valence-corrected chi connectivity index (χ2v) is 7.02. The van der Waals surface area contributed by atoms with E-state index in [2.05, 4.69) is 35.2 Å². The summed E-state index contributed by atoms with van der Waals surface area (Å²) in [5, 5.41) is 20.5. The average molecular weight is 321 g/mol. The molecule has 0 aromatic heterocycles. The lowest BCUT2D eigenvalue weighted by molar-refractivity contribution is -0.117.